The third-order valence-electron chi connectivity index (χ3n) is 3.45. The number of hydrogen-bond donors (Lipinski definition) is 1. The van der Waals surface area contributed by atoms with E-state index in [4.69, 9.17) is 14.2 Å². The third kappa shape index (κ3) is 4.94. The van der Waals surface area contributed by atoms with Crippen LogP contribution in [-0.4, -0.2) is 37.6 Å². The van der Waals surface area contributed by atoms with E-state index in [0.29, 0.717) is 16.0 Å². The molecule has 1 amide bonds. The summed E-state index contributed by atoms with van der Waals surface area (Å²) < 4.78 is 29.3. The van der Waals surface area contributed by atoms with Gasteiger partial charge in [0.2, 0.25) is 0 Å². The second-order valence-corrected chi connectivity index (χ2v) is 6.03. The minimum Gasteiger partial charge on any atom is -0.495 e. The van der Waals surface area contributed by atoms with Crippen molar-refractivity contribution in [1.82, 2.24) is 0 Å². The number of benzene rings is 2. The highest BCUT2D eigenvalue weighted by Crippen LogP contribution is 2.35. The Bertz CT molecular complexity index is 911. The number of nitro benzene ring substituents is 1. The van der Waals surface area contributed by atoms with Crippen LogP contribution in [0.3, 0.4) is 0 Å². The van der Waals surface area contributed by atoms with Gasteiger partial charge in [-0.1, -0.05) is 0 Å². The summed E-state index contributed by atoms with van der Waals surface area (Å²) in [6.45, 7) is -0.734. The van der Waals surface area contributed by atoms with Crippen molar-refractivity contribution in [1.29, 1.82) is 0 Å². The highest BCUT2D eigenvalue weighted by Gasteiger charge is 2.18. The maximum absolute atomic E-state index is 13.7. The molecule has 0 fully saturated rings. The van der Waals surface area contributed by atoms with Crippen LogP contribution in [-0.2, 0) is 9.53 Å². The van der Waals surface area contributed by atoms with Crippen LogP contribution in [0.15, 0.2) is 34.8 Å². The van der Waals surface area contributed by atoms with Crippen molar-refractivity contribution in [3.8, 4) is 11.5 Å². The zero-order valence-corrected chi connectivity index (χ0v) is 16.2. The lowest BCUT2D eigenvalue weighted by Crippen LogP contribution is -2.21. The average Bonchev–Trinajstić information content (AvgIpc) is 2.67. The summed E-state index contributed by atoms with van der Waals surface area (Å²) in [6, 6.07) is 5.43. The first-order valence-electron chi connectivity index (χ1n) is 7.59. The molecule has 0 aliphatic carbocycles. The molecule has 0 saturated carbocycles. The van der Waals surface area contributed by atoms with Crippen molar-refractivity contribution in [2.24, 2.45) is 0 Å². The second-order valence-electron chi connectivity index (χ2n) is 5.24. The molecule has 0 atom stereocenters. The molecule has 0 heterocycles. The van der Waals surface area contributed by atoms with Crippen molar-refractivity contribution in [3.05, 3.63) is 56.3 Å². The van der Waals surface area contributed by atoms with E-state index in [9.17, 15) is 24.1 Å². The van der Waals surface area contributed by atoms with Crippen molar-refractivity contribution in [2.75, 3.05) is 26.1 Å². The Balaban J connectivity index is 2.06. The molecular formula is C17H14BrFN2O7. The van der Waals surface area contributed by atoms with Gasteiger partial charge in [0.25, 0.3) is 11.6 Å². The van der Waals surface area contributed by atoms with E-state index in [2.05, 4.69) is 21.2 Å². The topological polar surface area (TPSA) is 117 Å². The summed E-state index contributed by atoms with van der Waals surface area (Å²) in [5, 5.41) is 12.8. The zero-order valence-electron chi connectivity index (χ0n) is 14.7. The standard InChI is InChI=1S/C17H14BrFN2O7/c1-26-13-5-9(6-14(27-2)16(13)18)17(23)28-8-15(22)20-12-7-10(21(24)25)3-4-11(12)19/h3-7H,8H2,1-2H3,(H,20,22). The molecule has 148 valence electrons. The molecule has 2 aromatic carbocycles. The lowest BCUT2D eigenvalue weighted by Gasteiger charge is -2.11. The molecule has 0 spiro atoms. The fourth-order valence-corrected chi connectivity index (χ4v) is 2.66. The van der Waals surface area contributed by atoms with E-state index < -0.39 is 40.6 Å². The number of halogens is 2. The smallest absolute Gasteiger partial charge is 0.338 e. The number of methoxy groups -OCH3 is 2. The molecule has 1 N–H and O–H groups in total. The predicted octanol–water partition coefficient (Wildman–Crippen LogP) is 3.31. The minimum atomic E-state index is -0.871. The Morgan fingerprint density at radius 1 is 1.18 bits per heavy atom. The van der Waals surface area contributed by atoms with Crippen molar-refractivity contribution in [3.63, 3.8) is 0 Å². The van der Waals surface area contributed by atoms with Crippen LogP contribution in [0.25, 0.3) is 0 Å². The van der Waals surface area contributed by atoms with E-state index >= 15 is 0 Å². The zero-order chi connectivity index (χ0) is 20.8. The lowest BCUT2D eigenvalue weighted by molar-refractivity contribution is -0.384. The normalized spacial score (nSPS) is 10.1. The van der Waals surface area contributed by atoms with Gasteiger partial charge in [0.1, 0.15) is 21.8 Å². The molecule has 0 aliphatic rings. The van der Waals surface area contributed by atoms with Gasteiger partial charge in [0.05, 0.1) is 30.4 Å². The van der Waals surface area contributed by atoms with Gasteiger partial charge in [-0.15, -0.1) is 0 Å². The van der Waals surface area contributed by atoms with Crippen LogP contribution in [0.2, 0.25) is 0 Å². The number of nitrogens with zero attached hydrogens (tertiary/aromatic N) is 1. The van der Waals surface area contributed by atoms with Crippen molar-refractivity contribution in [2.45, 2.75) is 0 Å². The highest BCUT2D eigenvalue weighted by molar-refractivity contribution is 9.10. The van der Waals surface area contributed by atoms with E-state index in [1.807, 2.05) is 0 Å². The molecule has 2 rings (SSSR count). The summed E-state index contributed by atoms with van der Waals surface area (Å²) in [5.74, 6) is -1.96. The molecule has 0 aromatic heterocycles. The highest BCUT2D eigenvalue weighted by atomic mass is 79.9. The fourth-order valence-electron chi connectivity index (χ4n) is 2.11. The Labute approximate surface area is 166 Å². The maximum atomic E-state index is 13.7. The molecule has 0 unspecified atom stereocenters. The van der Waals surface area contributed by atoms with E-state index in [1.54, 1.807) is 0 Å². The van der Waals surface area contributed by atoms with E-state index in [1.165, 1.54) is 26.4 Å². The largest absolute Gasteiger partial charge is 0.495 e. The second kappa shape index (κ2) is 9.13. The summed E-state index contributed by atoms with van der Waals surface area (Å²) >= 11 is 3.26. The van der Waals surface area contributed by atoms with Crippen LogP contribution in [0.1, 0.15) is 10.4 Å². The van der Waals surface area contributed by atoms with Gasteiger partial charge in [-0.05, 0) is 34.1 Å². The molecule has 0 saturated heterocycles. The van der Waals surface area contributed by atoms with Gasteiger partial charge in [-0.2, -0.15) is 0 Å². The summed E-state index contributed by atoms with van der Waals surface area (Å²) in [4.78, 5) is 34.1. The van der Waals surface area contributed by atoms with Crippen molar-refractivity contribution < 1.29 is 33.1 Å². The predicted molar refractivity (Wildman–Crippen MR) is 99.2 cm³/mol. The summed E-state index contributed by atoms with van der Waals surface area (Å²) in [5.41, 5.74) is -0.740. The number of anilines is 1. The number of non-ortho nitro benzene ring substituents is 1. The Kier molecular flexibility index (Phi) is 6.88. The monoisotopic (exact) mass is 456 g/mol. The molecular weight excluding hydrogens is 443 g/mol. The number of hydrogen-bond acceptors (Lipinski definition) is 7. The average molecular weight is 457 g/mol. The van der Waals surface area contributed by atoms with Crippen LogP contribution < -0.4 is 14.8 Å². The van der Waals surface area contributed by atoms with Gasteiger partial charge in [-0.3, -0.25) is 14.9 Å². The third-order valence-corrected chi connectivity index (χ3v) is 4.23. The molecule has 9 nitrogen and oxygen atoms in total. The molecule has 2 aromatic rings. The number of nitro groups is 1. The van der Waals surface area contributed by atoms with Crippen LogP contribution in [0.5, 0.6) is 11.5 Å². The Morgan fingerprint density at radius 2 is 1.79 bits per heavy atom. The number of ether oxygens (including phenoxy) is 3. The summed E-state index contributed by atoms with van der Waals surface area (Å²) in [6.07, 6.45) is 0. The molecule has 11 heteroatoms. The van der Waals surface area contributed by atoms with Gasteiger partial charge < -0.3 is 19.5 Å². The fraction of sp³-hybridized carbons (Fsp3) is 0.176. The maximum Gasteiger partial charge on any atom is 0.338 e. The van der Waals surface area contributed by atoms with Crippen molar-refractivity contribution >= 4 is 39.2 Å². The van der Waals surface area contributed by atoms with Gasteiger partial charge in [-0.25, -0.2) is 9.18 Å². The number of carbonyl (C=O) groups is 2. The van der Waals surface area contributed by atoms with Crippen LogP contribution in [0.4, 0.5) is 15.8 Å². The van der Waals surface area contributed by atoms with Gasteiger partial charge in [0.15, 0.2) is 6.61 Å². The lowest BCUT2D eigenvalue weighted by atomic mass is 10.2. The Morgan fingerprint density at radius 3 is 2.32 bits per heavy atom. The van der Waals surface area contributed by atoms with E-state index in [-0.39, 0.29) is 5.56 Å². The number of esters is 1. The number of amides is 1. The van der Waals surface area contributed by atoms with Gasteiger partial charge >= 0.3 is 5.97 Å². The first kappa shape index (κ1) is 21.1. The van der Waals surface area contributed by atoms with Gasteiger partial charge in [0, 0.05) is 12.1 Å². The number of rotatable bonds is 7. The number of nitrogens with one attached hydrogen (secondary N) is 1. The first-order valence-corrected chi connectivity index (χ1v) is 8.38. The summed E-state index contributed by atoms with van der Waals surface area (Å²) in [7, 11) is 2.80. The van der Waals surface area contributed by atoms with Crippen LogP contribution >= 0.6 is 15.9 Å². The Hall–Kier alpha value is -3.21. The molecule has 28 heavy (non-hydrogen) atoms. The minimum absolute atomic E-state index is 0.0613. The SMILES string of the molecule is COc1cc(C(=O)OCC(=O)Nc2cc([N+](=O)[O-])ccc2F)cc(OC)c1Br. The quantitative estimate of drug-likeness (QED) is 0.385. The van der Waals surface area contributed by atoms with Crippen LogP contribution in [0, 0.1) is 15.9 Å². The molecule has 0 radical (unpaired) electrons. The molecule has 0 bridgehead atoms. The first-order chi connectivity index (χ1) is 13.3. The molecule has 0 aliphatic heterocycles. The number of carbonyl (C=O) groups excluding carboxylic acids is 2. The van der Waals surface area contributed by atoms with E-state index in [0.717, 1.165) is 18.2 Å².